The first-order valence-corrected chi connectivity index (χ1v) is 8.40. The van der Waals surface area contributed by atoms with Gasteiger partial charge in [0.05, 0.1) is 11.3 Å². The minimum atomic E-state index is -1.07. The third-order valence-electron chi connectivity index (χ3n) is 4.49. The number of carbonyl (C=O) groups is 1. The molecule has 1 atom stereocenters. The molecule has 7 heteroatoms. The van der Waals surface area contributed by atoms with E-state index in [1.807, 2.05) is 19.0 Å². The van der Waals surface area contributed by atoms with Crippen LogP contribution in [0.2, 0.25) is 0 Å². The first-order chi connectivity index (χ1) is 12.3. The first-order valence-electron chi connectivity index (χ1n) is 8.40. The van der Waals surface area contributed by atoms with Crippen LogP contribution in [0.4, 0.5) is 10.2 Å². The standard InChI is InChI=1S/C19H22FN3O3/c1-22(2)11-19(26)9-10-23(12-19)17-15(18(24)25)7-8-16(21-17)13-3-5-14(20)6-4-13/h3-8,26H,9-12H2,1-2H3,(H,24,25)/t19-/m0/s1. The predicted molar refractivity (Wildman–Crippen MR) is 96.9 cm³/mol. The van der Waals surface area contributed by atoms with E-state index in [4.69, 9.17) is 0 Å². The van der Waals surface area contributed by atoms with Crippen molar-refractivity contribution in [2.45, 2.75) is 12.0 Å². The molecule has 0 unspecified atom stereocenters. The number of carboxylic acids is 1. The van der Waals surface area contributed by atoms with Crippen LogP contribution in [-0.4, -0.2) is 65.4 Å². The molecule has 1 aromatic carbocycles. The number of likely N-dealkylation sites (N-methyl/N-ethyl adjacent to an activating group) is 1. The molecule has 0 bridgehead atoms. The van der Waals surface area contributed by atoms with Crippen LogP contribution < -0.4 is 4.90 Å². The summed E-state index contributed by atoms with van der Waals surface area (Å²) in [7, 11) is 3.77. The highest BCUT2D eigenvalue weighted by atomic mass is 19.1. The Labute approximate surface area is 151 Å². The van der Waals surface area contributed by atoms with E-state index < -0.39 is 11.6 Å². The minimum absolute atomic E-state index is 0.0879. The van der Waals surface area contributed by atoms with E-state index in [0.29, 0.717) is 43.1 Å². The minimum Gasteiger partial charge on any atom is -0.478 e. The lowest BCUT2D eigenvalue weighted by Gasteiger charge is -2.27. The van der Waals surface area contributed by atoms with Gasteiger partial charge in [-0.15, -0.1) is 0 Å². The topological polar surface area (TPSA) is 76.9 Å². The molecule has 1 aliphatic rings. The molecular weight excluding hydrogens is 337 g/mol. The lowest BCUT2D eigenvalue weighted by Crippen LogP contribution is -2.42. The van der Waals surface area contributed by atoms with Crippen LogP contribution in [0.3, 0.4) is 0 Å². The monoisotopic (exact) mass is 359 g/mol. The van der Waals surface area contributed by atoms with E-state index in [0.717, 1.165) is 0 Å². The molecule has 0 radical (unpaired) electrons. The summed E-state index contributed by atoms with van der Waals surface area (Å²) in [5.41, 5.74) is 0.442. The van der Waals surface area contributed by atoms with Crippen LogP contribution in [0.1, 0.15) is 16.8 Å². The van der Waals surface area contributed by atoms with Crippen molar-refractivity contribution in [1.29, 1.82) is 0 Å². The average Bonchev–Trinajstić information content (AvgIpc) is 2.96. The third kappa shape index (κ3) is 3.84. The molecule has 0 saturated carbocycles. The van der Waals surface area contributed by atoms with Crippen LogP contribution in [0.25, 0.3) is 11.3 Å². The van der Waals surface area contributed by atoms with Crippen molar-refractivity contribution < 1.29 is 19.4 Å². The number of benzene rings is 1. The molecule has 0 aliphatic carbocycles. The number of anilines is 1. The van der Waals surface area contributed by atoms with Gasteiger partial charge < -0.3 is 20.0 Å². The molecule has 1 aliphatic heterocycles. The quantitative estimate of drug-likeness (QED) is 0.851. The van der Waals surface area contributed by atoms with Crippen LogP contribution >= 0.6 is 0 Å². The highest BCUT2D eigenvalue weighted by Gasteiger charge is 2.38. The van der Waals surface area contributed by atoms with Gasteiger partial charge in [-0.3, -0.25) is 0 Å². The molecule has 0 spiro atoms. The summed E-state index contributed by atoms with van der Waals surface area (Å²) in [5, 5.41) is 20.3. The molecule has 2 aromatic rings. The second-order valence-corrected chi connectivity index (χ2v) is 7.01. The number of hydrogen-bond donors (Lipinski definition) is 2. The molecule has 3 rings (SSSR count). The Bertz CT molecular complexity index is 810. The summed E-state index contributed by atoms with van der Waals surface area (Å²) in [4.78, 5) is 19.9. The number of carboxylic acid groups (broad SMARTS) is 1. The SMILES string of the molecule is CN(C)C[C@@]1(O)CCN(c2nc(-c3ccc(F)cc3)ccc2C(=O)O)C1. The van der Waals surface area contributed by atoms with E-state index in [1.165, 1.54) is 18.2 Å². The lowest BCUT2D eigenvalue weighted by atomic mass is 10.0. The molecule has 1 saturated heterocycles. The Morgan fingerprint density at radius 3 is 2.58 bits per heavy atom. The Kier molecular flexibility index (Phi) is 4.93. The number of rotatable bonds is 5. The van der Waals surface area contributed by atoms with Gasteiger partial charge >= 0.3 is 5.97 Å². The molecule has 1 fully saturated rings. The number of hydrogen-bond acceptors (Lipinski definition) is 5. The Morgan fingerprint density at radius 1 is 1.27 bits per heavy atom. The van der Waals surface area contributed by atoms with Crippen molar-refractivity contribution in [3.05, 3.63) is 47.8 Å². The summed E-state index contributed by atoms with van der Waals surface area (Å²) >= 11 is 0. The van der Waals surface area contributed by atoms with Gasteiger partial charge in [-0.1, -0.05) is 0 Å². The average molecular weight is 359 g/mol. The number of β-amino-alcohol motifs (C(OH)–C–C–N with tert-alkyl or cyclic N) is 1. The van der Waals surface area contributed by atoms with Crippen molar-refractivity contribution in [3.63, 3.8) is 0 Å². The summed E-state index contributed by atoms with van der Waals surface area (Å²) < 4.78 is 13.1. The predicted octanol–water partition coefficient (Wildman–Crippen LogP) is 2.09. The van der Waals surface area contributed by atoms with E-state index >= 15 is 0 Å². The number of pyridine rings is 1. The van der Waals surface area contributed by atoms with Crippen molar-refractivity contribution in [2.24, 2.45) is 0 Å². The number of halogens is 1. The molecule has 6 nitrogen and oxygen atoms in total. The fourth-order valence-corrected chi connectivity index (χ4v) is 3.39. The molecule has 1 aromatic heterocycles. The number of aromatic nitrogens is 1. The summed E-state index contributed by atoms with van der Waals surface area (Å²) in [5.74, 6) is -1.08. The van der Waals surface area contributed by atoms with Gasteiger partial charge in [0.1, 0.15) is 17.2 Å². The van der Waals surface area contributed by atoms with Crippen LogP contribution in [0, 0.1) is 5.82 Å². The van der Waals surface area contributed by atoms with Crippen molar-refractivity contribution >= 4 is 11.8 Å². The van der Waals surface area contributed by atoms with Gasteiger partial charge in [0, 0.05) is 25.2 Å². The van der Waals surface area contributed by atoms with Gasteiger partial charge in [-0.25, -0.2) is 14.2 Å². The van der Waals surface area contributed by atoms with Crippen LogP contribution in [-0.2, 0) is 0 Å². The van der Waals surface area contributed by atoms with Crippen LogP contribution in [0.15, 0.2) is 36.4 Å². The summed E-state index contributed by atoms with van der Waals surface area (Å²) in [6.07, 6.45) is 0.534. The van der Waals surface area contributed by atoms with Gasteiger partial charge in [0.2, 0.25) is 0 Å². The fourth-order valence-electron chi connectivity index (χ4n) is 3.39. The molecule has 138 valence electrons. The van der Waals surface area contributed by atoms with E-state index in [9.17, 15) is 19.4 Å². The van der Waals surface area contributed by atoms with Gasteiger partial charge in [0.25, 0.3) is 0 Å². The largest absolute Gasteiger partial charge is 0.478 e. The maximum absolute atomic E-state index is 13.1. The zero-order chi connectivity index (χ0) is 18.9. The first kappa shape index (κ1) is 18.3. The van der Waals surface area contributed by atoms with Gasteiger partial charge in [0.15, 0.2) is 0 Å². The van der Waals surface area contributed by atoms with E-state index in [2.05, 4.69) is 4.98 Å². The maximum atomic E-state index is 13.1. The normalized spacial score (nSPS) is 20.0. The number of nitrogens with zero attached hydrogens (tertiary/aromatic N) is 3. The van der Waals surface area contributed by atoms with Crippen molar-refractivity contribution in [3.8, 4) is 11.3 Å². The zero-order valence-corrected chi connectivity index (χ0v) is 14.8. The Morgan fingerprint density at radius 2 is 1.96 bits per heavy atom. The Hall–Kier alpha value is -2.51. The third-order valence-corrected chi connectivity index (χ3v) is 4.49. The van der Waals surface area contributed by atoms with Gasteiger partial charge in [-0.2, -0.15) is 0 Å². The van der Waals surface area contributed by atoms with Crippen LogP contribution in [0.5, 0.6) is 0 Å². The molecular formula is C19H22FN3O3. The molecule has 26 heavy (non-hydrogen) atoms. The van der Waals surface area contributed by atoms with Crippen molar-refractivity contribution in [1.82, 2.24) is 9.88 Å². The molecule has 2 heterocycles. The Balaban J connectivity index is 1.95. The zero-order valence-electron chi connectivity index (χ0n) is 14.8. The van der Waals surface area contributed by atoms with Gasteiger partial charge in [-0.05, 0) is 56.9 Å². The maximum Gasteiger partial charge on any atom is 0.339 e. The highest BCUT2D eigenvalue weighted by Crippen LogP contribution is 2.31. The number of aromatic carboxylic acids is 1. The second-order valence-electron chi connectivity index (χ2n) is 7.01. The van der Waals surface area contributed by atoms with E-state index in [1.54, 1.807) is 23.1 Å². The summed E-state index contributed by atoms with van der Waals surface area (Å²) in [6, 6.07) is 9.01. The van der Waals surface area contributed by atoms with E-state index in [-0.39, 0.29) is 11.4 Å². The lowest BCUT2D eigenvalue weighted by molar-refractivity contribution is 0.0365. The summed E-state index contributed by atoms with van der Waals surface area (Å²) in [6.45, 7) is 1.32. The molecule has 2 N–H and O–H groups in total. The fraction of sp³-hybridized carbons (Fsp3) is 0.368. The highest BCUT2D eigenvalue weighted by molar-refractivity contribution is 5.94. The smallest absolute Gasteiger partial charge is 0.339 e. The molecule has 0 amide bonds. The number of aliphatic hydroxyl groups is 1. The second kappa shape index (κ2) is 7.01. The van der Waals surface area contributed by atoms with Crippen molar-refractivity contribution in [2.75, 3.05) is 38.6 Å².